The van der Waals surface area contributed by atoms with E-state index in [0.717, 1.165) is 16.3 Å². The van der Waals surface area contributed by atoms with E-state index in [9.17, 15) is 9.59 Å². The summed E-state index contributed by atoms with van der Waals surface area (Å²) in [6.45, 7) is -0.172. The van der Waals surface area contributed by atoms with Gasteiger partial charge in [0, 0.05) is 5.56 Å². The normalized spacial score (nSPS) is 10.8. The van der Waals surface area contributed by atoms with Crippen LogP contribution in [0.5, 0.6) is 5.75 Å². The third kappa shape index (κ3) is 4.24. The minimum Gasteiger partial charge on any atom is -0.484 e. The van der Waals surface area contributed by atoms with Crippen LogP contribution in [0.25, 0.3) is 10.8 Å². The van der Waals surface area contributed by atoms with Crippen LogP contribution in [0.2, 0.25) is 0 Å². The molecule has 0 saturated heterocycles. The Labute approximate surface area is 150 Å². The fraction of sp³-hybridized carbons (Fsp3) is 0.0500. The number of nitrogens with one attached hydrogen (secondary N) is 1. The summed E-state index contributed by atoms with van der Waals surface area (Å²) in [6, 6.07) is 20.1. The van der Waals surface area contributed by atoms with Gasteiger partial charge in [0.1, 0.15) is 5.75 Å². The van der Waals surface area contributed by atoms with Crippen LogP contribution in [0.3, 0.4) is 0 Å². The second-order valence-corrected chi connectivity index (χ2v) is 5.55. The van der Waals surface area contributed by atoms with Crippen molar-refractivity contribution >= 4 is 28.8 Å². The predicted molar refractivity (Wildman–Crippen MR) is 100 cm³/mol. The van der Waals surface area contributed by atoms with Crippen molar-refractivity contribution in [2.75, 3.05) is 6.61 Å². The summed E-state index contributed by atoms with van der Waals surface area (Å²) in [5.74, 6) is -0.285. The van der Waals surface area contributed by atoms with E-state index in [-0.39, 0.29) is 12.5 Å². The minimum absolute atomic E-state index is 0.172. The van der Waals surface area contributed by atoms with E-state index in [1.54, 1.807) is 30.3 Å². The molecule has 3 N–H and O–H groups in total. The number of hydrogen-bond donors (Lipinski definition) is 2. The lowest BCUT2D eigenvalue weighted by Crippen LogP contribution is -2.20. The van der Waals surface area contributed by atoms with Gasteiger partial charge in [-0.25, -0.2) is 5.43 Å². The molecule has 0 aliphatic heterocycles. The maximum atomic E-state index is 12.4. The van der Waals surface area contributed by atoms with Crippen LogP contribution >= 0.6 is 0 Å². The Balaban J connectivity index is 1.64. The molecule has 0 radical (unpaired) electrons. The summed E-state index contributed by atoms with van der Waals surface area (Å²) in [6.07, 6.45) is 1.53. The highest BCUT2D eigenvalue weighted by atomic mass is 16.5. The molecule has 130 valence electrons. The average Bonchev–Trinajstić information content (AvgIpc) is 2.66. The molecule has 0 aliphatic carbocycles. The molecule has 0 fully saturated rings. The van der Waals surface area contributed by atoms with Crippen molar-refractivity contribution in [2.45, 2.75) is 0 Å². The molecule has 0 heterocycles. The van der Waals surface area contributed by atoms with Gasteiger partial charge in [0.25, 0.3) is 11.8 Å². The van der Waals surface area contributed by atoms with Crippen LogP contribution in [-0.2, 0) is 4.79 Å². The van der Waals surface area contributed by atoms with Crippen LogP contribution in [0.15, 0.2) is 71.8 Å². The fourth-order valence-electron chi connectivity index (χ4n) is 2.45. The number of rotatable bonds is 6. The van der Waals surface area contributed by atoms with Gasteiger partial charge in [0.2, 0.25) is 0 Å². The van der Waals surface area contributed by atoms with Gasteiger partial charge in [0.15, 0.2) is 6.61 Å². The minimum atomic E-state index is -0.535. The number of carbonyl (C=O) groups excluding carboxylic acids is 2. The quantitative estimate of drug-likeness (QED) is 0.530. The Morgan fingerprint density at radius 2 is 1.73 bits per heavy atom. The average molecular weight is 347 g/mol. The van der Waals surface area contributed by atoms with Gasteiger partial charge < -0.3 is 10.5 Å². The van der Waals surface area contributed by atoms with Gasteiger partial charge in [0.05, 0.1) is 6.21 Å². The van der Waals surface area contributed by atoms with Crippen molar-refractivity contribution < 1.29 is 14.3 Å². The van der Waals surface area contributed by atoms with Crippen LogP contribution in [0, 0.1) is 0 Å². The summed E-state index contributed by atoms with van der Waals surface area (Å²) in [4.78, 5) is 23.0. The van der Waals surface area contributed by atoms with E-state index in [1.807, 2.05) is 36.4 Å². The Morgan fingerprint density at radius 1 is 1.00 bits per heavy atom. The number of amides is 2. The van der Waals surface area contributed by atoms with Crippen molar-refractivity contribution in [3.05, 3.63) is 77.9 Å². The summed E-state index contributed by atoms with van der Waals surface area (Å²) in [7, 11) is 0. The van der Waals surface area contributed by atoms with Gasteiger partial charge in [-0.05, 0) is 46.7 Å². The number of hydrazone groups is 1. The molecule has 0 atom stereocenters. The molecular weight excluding hydrogens is 330 g/mol. The molecule has 0 unspecified atom stereocenters. The zero-order valence-electron chi connectivity index (χ0n) is 13.9. The van der Waals surface area contributed by atoms with Gasteiger partial charge in [-0.15, -0.1) is 0 Å². The number of benzene rings is 3. The first kappa shape index (κ1) is 17.2. The summed E-state index contributed by atoms with van der Waals surface area (Å²) in [5.41, 5.74) is 8.89. The van der Waals surface area contributed by atoms with Crippen LogP contribution in [-0.4, -0.2) is 24.6 Å². The monoisotopic (exact) mass is 347 g/mol. The first-order chi connectivity index (χ1) is 12.6. The topological polar surface area (TPSA) is 93.8 Å². The van der Waals surface area contributed by atoms with Crippen molar-refractivity contribution in [1.82, 2.24) is 5.43 Å². The molecule has 0 aliphatic rings. The maximum absolute atomic E-state index is 12.4. The lowest BCUT2D eigenvalue weighted by Gasteiger charge is -2.05. The Morgan fingerprint density at radius 3 is 2.50 bits per heavy atom. The molecular formula is C20H17N3O3. The molecule has 26 heavy (non-hydrogen) atoms. The standard InChI is InChI=1S/C20H17N3O3/c21-19(24)13-26-16-10-8-14(9-11-16)12-22-23-20(25)18-7-3-5-15-4-1-2-6-17(15)18/h1-12H,13H2,(H2,21,24)(H,23,25)/b22-12-. The van der Waals surface area contributed by atoms with E-state index in [0.29, 0.717) is 11.3 Å². The third-order valence-electron chi connectivity index (χ3n) is 3.68. The predicted octanol–water partition coefficient (Wildman–Crippen LogP) is 2.47. The van der Waals surface area contributed by atoms with E-state index in [1.165, 1.54) is 6.21 Å². The van der Waals surface area contributed by atoms with Crippen molar-refractivity contribution in [1.29, 1.82) is 0 Å². The highest BCUT2D eigenvalue weighted by Crippen LogP contribution is 2.18. The fourth-order valence-corrected chi connectivity index (χ4v) is 2.45. The van der Waals surface area contributed by atoms with Crippen LogP contribution in [0.1, 0.15) is 15.9 Å². The first-order valence-electron chi connectivity index (χ1n) is 7.96. The number of hydrogen-bond acceptors (Lipinski definition) is 4. The van der Waals surface area contributed by atoms with E-state index in [2.05, 4.69) is 10.5 Å². The number of fused-ring (bicyclic) bond motifs is 1. The van der Waals surface area contributed by atoms with Crippen molar-refractivity contribution in [3.8, 4) is 5.75 Å². The smallest absolute Gasteiger partial charge is 0.271 e. The van der Waals surface area contributed by atoms with Gasteiger partial charge in [-0.3, -0.25) is 9.59 Å². The van der Waals surface area contributed by atoms with Crippen molar-refractivity contribution in [3.63, 3.8) is 0 Å². The van der Waals surface area contributed by atoms with Crippen LogP contribution < -0.4 is 15.9 Å². The number of nitrogens with two attached hydrogens (primary N) is 1. The zero-order chi connectivity index (χ0) is 18.4. The number of ether oxygens (including phenoxy) is 1. The largest absolute Gasteiger partial charge is 0.484 e. The maximum Gasteiger partial charge on any atom is 0.271 e. The molecule has 0 aromatic heterocycles. The highest BCUT2D eigenvalue weighted by Gasteiger charge is 2.08. The Kier molecular flexibility index (Phi) is 5.24. The molecule has 6 nitrogen and oxygen atoms in total. The van der Waals surface area contributed by atoms with Gasteiger partial charge >= 0.3 is 0 Å². The van der Waals surface area contributed by atoms with Gasteiger partial charge in [-0.2, -0.15) is 5.10 Å². The summed E-state index contributed by atoms with van der Waals surface area (Å²) in [5, 5.41) is 5.86. The molecule has 2 amide bonds. The lowest BCUT2D eigenvalue weighted by atomic mass is 10.0. The summed E-state index contributed by atoms with van der Waals surface area (Å²) >= 11 is 0. The van der Waals surface area contributed by atoms with Crippen LogP contribution in [0.4, 0.5) is 0 Å². The number of primary amides is 1. The molecule has 6 heteroatoms. The third-order valence-corrected chi connectivity index (χ3v) is 3.68. The molecule has 0 spiro atoms. The second-order valence-electron chi connectivity index (χ2n) is 5.55. The Bertz CT molecular complexity index is 960. The number of carbonyl (C=O) groups is 2. The lowest BCUT2D eigenvalue weighted by molar-refractivity contribution is -0.119. The molecule has 0 saturated carbocycles. The molecule has 0 bridgehead atoms. The first-order valence-corrected chi connectivity index (χ1v) is 7.96. The Hall–Kier alpha value is -3.67. The van der Waals surface area contributed by atoms with E-state index in [4.69, 9.17) is 10.5 Å². The SMILES string of the molecule is NC(=O)COc1ccc(/C=N\NC(=O)c2cccc3ccccc23)cc1. The molecule has 3 aromatic carbocycles. The van der Waals surface area contributed by atoms with E-state index < -0.39 is 5.91 Å². The molecule has 3 rings (SSSR count). The van der Waals surface area contributed by atoms with E-state index >= 15 is 0 Å². The number of nitrogens with zero attached hydrogens (tertiary/aromatic N) is 1. The molecule has 3 aromatic rings. The zero-order valence-corrected chi connectivity index (χ0v) is 13.9. The highest BCUT2D eigenvalue weighted by molar-refractivity contribution is 6.07. The van der Waals surface area contributed by atoms with Crippen molar-refractivity contribution in [2.24, 2.45) is 10.8 Å². The van der Waals surface area contributed by atoms with Gasteiger partial charge in [-0.1, -0.05) is 36.4 Å². The summed E-state index contributed by atoms with van der Waals surface area (Å²) < 4.78 is 5.18. The second kappa shape index (κ2) is 7.94.